The lowest BCUT2D eigenvalue weighted by atomic mass is 9.81. The molecule has 0 radical (unpaired) electrons. The molecule has 58 heavy (non-hydrogen) atoms. The Balaban J connectivity index is 1.12. The summed E-state index contributed by atoms with van der Waals surface area (Å²) in [4.78, 5) is 0. The van der Waals surface area contributed by atoms with Crippen LogP contribution in [0.5, 0.6) is 0 Å². The molecule has 284 valence electrons. The third kappa shape index (κ3) is 6.24. The van der Waals surface area contributed by atoms with Crippen molar-refractivity contribution in [2.24, 2.45) is 5.73 Å². The molecule has 6 aromatic rings. The molecule has 0 saturated heterocycles. The van der Waals surface area contributed by atoms with Crippen LogP contribution in [0.2, 0.25) is 0 Å². The zero-order chi connectivity index (χ0) is 39.2. The standard InChI is InChI=1S/C56H50N2/c1-56(2)52-26-13-11-24-47(52)48-30-28-42(36-53(48)56)45-22-9-10-23-46(45)43-29-31-50-49-25-12-14-27-54(49)58(55(50)37-43)44-21-15-20-41(34-44)51(39-18-7-4-8-19-39)35-40(32-33-57)38-16-5-3-6-17-38/h4-5,7,9-11,13,15-18,20-32,34-37H,3,6,8,12,14,19,33,57H2,1-2H3/b40-32+,51-35-. The molecule has 1 heterocycles. The molecule has 0 aliphatic heterocycles. The average Bonchev–Trinajstić information content (AvgIpc) is 3.73. The van der Waals surface area contributed by atoms with E-state index in [4.69, 9.17) is 5.73 Å². The van der Waals surface area contributed by atoms with E-state index in [1.54, 1.807) is 0 Å². The number of nitrogens with two attached hydrogens (primary N) is 1. The fourth-order valence-corrected chi connectivity index (χ4v) is 9.87. The number of nitrogens with zero attached hydrogens (tertiary/aromatic N) is 1. The van der Waals surface area contributed by atoms with Gasteiger partial charge in [0, 0.05) is 33.6 Å². The summed E-state index contributed by atoms with van der Waals surface area (Å²) >= 11 is 0. The Morgan fingerprint density at radius 2 is 1.45 bits per heavy atom. The highest BCUT2D eigenvalue weighted by Gasteiger charge is 2.35. The van der Waals surface area contributed by atoms with E-state index in [1.807, 2.05) is 0 Å². The van der Waals surface area contributed by atoms with E-state index in [2.05, 4.69) is 188 Å². The molecule has 2 N–H and O–H groups in total. The molecule has 2 nitrogen and oxygen atoms in total. The van der Waals surface area contributed by atoms with Crippen LogP contribution in [0.3, 0.4) is 0 Å². The smallest absolute Gasteiger partial charge is 0.0547 e. The summed E-state index contributed by atoms with van der Waals surface area (Å²) in [6, 6.07) is 41.3. The molecule has 4 aliphatic rings. The minimum atomic E-state index is -0.0526. The van der Waals surface area contributed by atoms with Gasteiger partial charge in [-0.05, 0) is 141 Å². The van der Waals surface area contributed by atoms with Crippen LogP contribution in [0, 0.1) is 0 Å². The van der Waals surface area contributed by atoms with Crippen molar-refractivity contribution >= 4 is 28.6 Å². The van der Waals surface area contributed by atoms with Gasteiger partial charge in [0.15, 0.2) is 0 Å². The second-order valence-corrected chi connectivity index (χ2v) is 16.6. The molecule has 0 spiro atoms. The molecule has 10 rings (SSSR count). The molecule has 0 amide bonds. The van der Waals surface area contributed by atoms with Crippen LogP contribution >= 0.6 is 0 Å². The first-order valence-electron chi connectivity index (χ1n) is 21.1. The normalized spacial score (nSPS) is 16.9. The molecule has 2 heteroatoms. The minimum absolute atomic E-state index is 0.0526. The molecule has 5 aromatic carbocycles. The van der Waals surface area contributed by atoms with Crippen molar-refractivity contribution in [3.63, 3.8) is 0 Å². The van der Waals surface area contributed by atoms with Crippen molar-refractivity contribution < 1.29 is 0 Å². The number of fused-ring (bicyclic) bond motifs is 6. The summed E-state index contributed by atoms with van der Waals surface area (Å²) < 4.78 is 2.51. The second-order valence-electron chi connectivity index (χ2n) is 16.6. The Morgan fingerprint density at radius 1 is 0.690 bits per heavy atom. The predicted octanol–water partition coefficient (Wildman–Crippen LogP) is 12.4. The van der Waals surface area contributed by atoms with Crippen LogP contribution < -0.4 is 16.3 Å². The fraction of sp³-hybridized carbons (Fsp3) is 0.179. The molecule has 0 unspecified atom stereocenters. The highest BCUT2D eigenvalue weighted by Crippen LogP contribution is 2.50. The summed E-state index contributed by atoms with van der Waals surface area (Å²) in [5.41, 5.74) is 25.4. The van der Waals surface area contributed by atoms with E-state index >= 15 is 0 Å². The van der Waals surface area contributed by atoms with E-state index in [0.29, 0.717) is 6.54 Å². The van der Waals surface area contributed by atoms with Gasteiger partial charge in [-0.2, -0.15) is 0 Å². The first kappa shape index (κ1) is 36.1. The molecule has 4 aliphatic carbocycles. The minimum Gasteiger partial charge on any atom is -0.327 e. The number of hydrogen-bond donors (Lipinski definition) is 1. The molecule has 0 fully saturated rings. The Labute approximate surface area is 342 Å². The van der Waals surface area contributed by atoms with E-state index in [0.717, 1.165) is 38.5 Å². The number of hydrogen-bond acceptors (Lipinski definition) is 1. The lowest BCUT2D eigenvalue weighted by Crippen LogP contribution is -2.30. The lowest BCUT2D eigenvalue weighted by Gasteiger charge is -2.22. The summed E-state index contributed by atoms with van der Waals surface area (Å²) in [5, 5.41) is 3.93. The third-order valence-electron chi connectivity index (χ3n) is 12.8. The van der Waals surface area contributed by atoms with Crippen molar-refractivity contribution in [3.05, 3.63) is 202 Å². The number of allylic oxidation sites excluding steroid dienone is 11. The summed E-state index contributed by atoms with van der Waals surface area (Å²) in [6.07, 6.45) is 29.4. The first-order chi connectivity index (χ1) is 28.5. The van der Waals surface area contributed by atoms with Gasteiger partial charge in [0.1, 0.15) is 0 Å². The van der Waals surface area contributed by atoms with Crippen molar-refractivity contribution in [2.75, 3.05) is 6.54 Å². The Hall–Kier alpha value is -6.22. The van der Waals surface area contributed by atoms with E-state index in [1.165, 1.54) is 99.5 Å². The van der Waals surface area contributed by atoms with Crippen LogP contribution in [-0.4, -0.2) is 11.1 Å². The molecule has 1 aromatic heterocycles. The molecule has 0 bridgehead atoms. The predicted molar refractivity (Wildman–Crippen MR) is 247 cm³/mol. The van der Waals surface area contributed by atoms with E-state index in [9.17, 15) is 0 Å². The zero-order valence-corrected chi connectivity index (χ0v) is 33.6. The van der Waals surface area contributed by atoms with Crippen molar-refractivity contribution in [3.8, 4) is 39.1 Å². The third-order valence-corrected chi connectivity index (χ3v) is 12.8. The van der Waals surface area contributed by atoms with Gasteiger partial charge in [0.2, 0.25) is 0 Å². The Bertz CT molecular complexity index is 2950. The fourth-order valence-electron chi connectivity index (χ4n) is 9.87. The number of rotatable bonds is 8. The van der Waals surface area contributed by atoms with Crippen LogP contribution in [0.4, 0.5) is 0 Å². The van der Waals surface area contributed by atoms with Crippen molar-refractivity contribution in [1.29, 1.82) is 0 Å². The highest BCUT2D eigenvalue weighted by atomic mass is 15.0. The topological polar surface area (TPSA) is 30.9 Å². The SMILES string of the molecule is CC1(C)c2ccccc2-c2ccc(-c3ccccc3-c3ccc4c5c(n(-c6cccc(/C(=C\C(=C/CN)C7=CCCC=C7)C7=CC=CCC7)c6)c4c3)=CCCC=5)cc21. The molecular formula is C56H50N2. The molecule has 0 atom stereocenters. The van der Waals surface area contributed by atoms with Crippen molar-refractivity contribution in [1.82, 2.24) is 4.57 Å². The van der Waals surface area contributed by atoms with Crippen molar-refractivity contribution in [2.45, 2.75) is 57.8 Å². The lowest BCUT2D eigenvalue weighted by molar-refractivity contribution is 0.660. The van der Waals surface area contributed by atoms with Gasteiger partial charge < -0.3 is 10.3 Å². The summed E-state index contributed by atoms with van der Waals surface area (Å²) in [5.74, 6) is 0. The Morgan fingerprint density at radius 3 is 2.24 bits per heavy atom. The maximum absolute atomic E-state index is 6.19. The molecule has 0 saturated carbocycles. The Kier molecular flexibility index (Phi) is 9.31. The van der Waals surface area contributed by atoms with Crippen LogP contribution in [-0.2, 0) is 5.41 Å². The monoisotopic (exact) mass is 750 g/mol. The van der Waals surface area contributed by atoms with Crippen LogP contribution in [0.25, 0.3) is 67.7 Å². The highest BCUT2D eigenvalue weighted by molar-refractivity contribution is 5.93. The van der Waals surface area contributed by atoms with Gasteiger partial charge in [-0.1, -0.05) is 153 Å². The van der Waals surface area contributed by atoms with Gasteiger partial charge in [0.05, 0.1) is 5.52 Å². The van der Waals surface area contributed by atoms with Gasteiger partial charge in [0.25, 0.3) is 0 Å². The van der Waals surface area contributed by atoms with E-state index in [-0.39, 0.29) is 5.41 Å². The van der Waals surface area contributed by atoms with E-state index < -0.39 is 0 Å². The van der Waals surface area contributed by atoms with Gasteiger partial charge in [-0.15, -0.1) is 0 Å². The summed E-state index contributed by atoms with van der Waals surface area (Å²) in [7, 11) is 0. The first-order valence-corrected chi connectivity index (χ1v) is 21.1. The molecular weight excluding hydrogens is 701 g/mol. The average molecular weight is 751 g/mol. The zero-order valence-electron chi connectivity index (χ0n) is 33.6. The number of aromatic nitrogens is 1. The van der Waals surface area contributed by atoms with Gasteiger partial charge in [-0.3, -0.25) is 0 Å². The summed E-state index contributed by atoms with van der Waals surface area (Å²) in [6.45, 7) is 5.23. The largest absolute Gasteiger partial charge is 0.327 e. The maximum Gasteiger partial charge on any atom is 0.0547 e. The van der Waals surface area contributed by atoms with Gasteiger partial charge in [-0.25, -0.2) is 0 Å². The van der Waals surface area contributed by atoms with Crippen LogP contribution in [0.15, 0.2) is 175 Å². The second kappa shape index (κ2) is 14.9. The quantitative estimate of drug-likeness (QED) is 0.154. The maximum atomic E-state index is 6.19. The van der Waals surface area contributed by atoms with Crippen LogP contribution in [0.1, 0.15) is 69.1 Å². The number of benzene rings is 5. The van der Waals surface area contributed by atoms with Gasteiger partial charge >= 0.3 is 0 Å².